The Hall–Kier alpha value is -2.72. The van der Waals surface area contributed by atoms with Crippen molar-refractivity contribution in [2.75, 3.05) is 0 Å². The fourth-order valence-corrected chi connectivity index (χ4v) is 3.26. The number of aromatic nitrogens is 2. The van der Waals surface area contributed by atoms with E-state index in [9.17, 15) is 4.79 Å². The third-order valence-corrected chi connectivity index (χ3v) is 4.44. The number of aromatic amines is 1. The number of nitrogens with one attached hydrogen (secondary N) is 1. The van der Waals surface area contributed by atoms with Gasteiger partial charge in [-0.15, -0.1) is 11.3 Å². The number of rotatable bonds is 2. The molecular formula is C18H12N2OS. The quantitative estimate of drug-likeness (QED) is 0.599. The lowest BCUT2D eigenvalue weighted by Gasteiger charge is -2.00. The minimum atomic E-state index is -0.0891. The lowest BCUT2D eigenvalue weighted by atomic mass is 10.1. The van der Waals surface area contributed by atoms with Crippen molar-refractivity contribution < 1.29 is 0 Å². The van der Waals surface area contributed by atoms with Crippen LogP contribution < -0.4 is 5.56 Å². The largest absolute Gasteiger partial charge is 0.322 e. The van der Waals surface area contributed by atoms with Crippen molar-refractivity contribution in [2.45, 2.75) is 0 Å². The summed E-state index contributed by atoms with van der Waals surface area (Å²) in [7, 11) is 0. The first kappa shape index (κ1) is 13.0. The molecule has 0 aliphatic rings. The molecule has 0 saturated carbocycles. The van der Waals surface area contributed by atoms with E-state index < -0.39 is 0 Å². The SMILES string of the molecule is O=c1ccc2ccc(-c3nc(-c4ccccc4)cs3)cc2[nH]1. The smallest absolute Gasteiger partial charge is 0.248 e. The summed E-state index contributed by atoms with van der Waals surface area (Å²) < 4.78 is 0. The highest BCUT2D eigenvalue weighted by Crippen LogP contribution is 2.30. The van der Waals surface area contributed by atoms with Gasteiger partial charge in [0.15, 0.2) is 0 Å². The molecule has 3 nitrogen and oxygen atoms in total. The maximum absolute atomic E-state index is 11.5. The number of fused-ring (bicyclic) bond motifs is 1. The molecule has 4 rings (SSSR count). The molecule has 0 amide bonds. The number of H-pyrrole nitrogens is 1. The van der Waals surface area contributed by atoms with Crippen LogP contribution >= 0.6 is 11.3 Å². The highest BCUT2D eigenvalue weighted by molar-refractivity contribution is 7.13. The van der Waals surface area contributed by atoms with Gasteiger partial charge in [0.1, 0.15) is 5.01 Å². The number of nitrogens with zero attached hydrogens (tertiary/aromatic N) is 1. The summed E-state index contributed by atoms with van der Waals surface area (Å²) in [4.78, 5) is 19.0. The van der Waals surface area contributed by atoms with Gasteiger partial charge in [-0.25, -0.2) is 4.98 Å². The van der Waals surface area contributed by atoms with Gasteiger partial charge in [-0.3, -0.25) is 4.79 Å². The van der Waals surface area contributed by atoms with Crippen molar-refractivity contribution in [3.8, 4) is 21.8 Å². The lowest BCUT2D eigenvalue weighted by Crippen LogP contribution is -2.02. The van der Waals surface area contributed by atoms with Gasteiger partial charge in [0.25, 0.3) is 0 Å². The summed E-state index contributed by atoms with van der Waals surface area (Å²) in [6.45, 7) is 0. The van der Waals surface area contributed by atoms with E-state index in [-0.39, 0.29) is 5.56 Å². The van der Waals surface area contributed by atoms with Crippen LogP contribution in [0.1, 0.15) is 0 Å². The minimum Gasteiger partial charge on any atom is -0.322 e. The molecular weight excluding hydrogens is 292 g/mol. The number of thiazole rings is 1. The second-order valence-corrected chi connectivity index (χ2v) is 5.89. The maximum Gasteiger partial charge on any atom is 0.248 e. The van der Waals surface area contributed by atoms with Gasteiger partial charge in [-0.1, -0.05) is 42.5 Å². The zero-order chi connectivity index (χ0) is 14.9. The fraction of sp³-hybridized carbons (Fsp3) is 0. The molecule has 4 aromatic rings. The molecule has 0 fully saturated rings. The molecule has 0 saturated heterocycles. The number of hydrogen-bond donors (Lipinski definition) is 1. The summed E-state index contributed by atoms with van der Waals surface area (Å²) in [5.41, 5.74) is 3.85. The Labute approximate surface area is 130 Å². The molecule has 2 heterocycles. The van der Waals surface area contributed by atoms with Crippen LogP contribution in [0.25, 0.3) is 32.7 Å². The normalized spacial score (nSPS) is 10.9. The van der Waals surface area contributed by atoms with Gasteiger partial charge in [0.2, 0.25) is 5.56 Å². The molecule has 2 aromatic heterocycles. The van der Waals surface area contributed by atoms with E-state index in [1.807, 2.05) is 42.5 Å². The Morgan fingerprint density at radius 3 is 2.59 bits per heavy atom. The van der Waals surface area contributed by atoms with E-state index in [2.05, 4.69) is 22.5 Å². The summed E-state index contributed by atoms with van der Waals surface area (Å²) in [6.07, 6.45) is 0. The average molecular weight is 304 g/mol. The molecule has 1 N–H and O–H groups in total. The highest BCUT2D eigenvalue weighted by atomic mass is 32.1. The number of hydrogen-bond acceptors (Lipinski definition) is 3. The first-order valence-electron chi connectivity index (χ1n) is 6.94. The zero-order valence-electron chi connectivity index (χ0n) is 11.6. The fourth-order valence-electron chi connectivity index (χ4n) is 2.43. The van der Waals surface area contributed by atoms with Gasteiger partial charge in [0, 0.05) is 28.1 Å². The summed E-state index contributed by atoms with van der Waals surface area (Å²) in [5.74, 6) is 0. The Morgan fingerprint density at radius 1 is 0.909 bits per heavy atom. The predicted molar refractivity (Wildman–Crippen MR) is 91.1 cm³/mol. The summed E-state index contributed by atoms with van der Waals surface area (Å²) in [6, 6.07) is 19.5. The van der Waals surface area contributed by atoms with Crippen molar-refractivity contribution in [1.82, 2.24) is 9.97 Å². The van der Waals surface area contributed by atoms with Crippen LogP contribution in [0, 0.1) is 0 Å². The minimum absolute atomic E-state index is 0.0891. The third-order valence-electron chi connectivity index (χ3n) is 3.55. The van der Waals surface area contributed by atoms with Crippen molar-refractivity contribution in [1.29, 1.82) is 0 Å². The van der Waals surface area contributed by atoms with Gasteiger partial charge in [-0.2, -0.15) is 0 Å². The standard InChI is InChI=1S/C18H12N2OS/c21-17-9-8-13-6-7-14(10-15(13)19-17)18-20-16(11-22-18)12-4-2-1-3-5-12/h1-11H,(H,19,21). The van der Waals surface area contributed by atoms with Crippen molar-refractivity contribution >= 4 is 22.2 Å². The van der Waals surface area contributed by atoms with Crippen molar-refractivity contribution in [3.63, 3.8) is 0 Å². The molecule has 2 aromatic carbocycles. The van der Waals surface area contributed by atoms with E-state index >= 15 is 0 Å². The van der Waals surface area contributed by atoms with Gasteiger partial charge in [-0.05, 0) is 17.5 Å². The van der Waals surface area contributed by atoms with Gasteiger partial charge in [0.05, 0.1) is 5.69 Å². The molecule has 0 radical (unpaired) electrons. The summed E-state index contributed by atoms with van der Waals surface area (Å²) in [5, 5.41) is 4.02. The van der Waals surface area contributed by atoms with Crippen LogP contribution in [0.2, 0.25) is 0 Å². The number of pyridine rings is 1. The molecule has 106 valence electrons. The first-order valence-corrected chi connectivity index (χ1v) is 7.82. The van der Waals surface area contributed by atoms with E-state index in [0.29, 0.717) is 0 Å². The number of benzene rings is 2. The third kappa shape index (κ3) is 2.34. The van der Waals surface area contributed by atoms with Gasteiger partial charge < -0.3 is 4.98 Å². The Morgan fingerprint density at radius 2 is 1.73 bits per heavy atom. The molecule has 0 spiro atoms. The van der Waals surface area contributed by atoms with Crippen LogP contribution in [0.3, 0.4) is 0 Å². The lowest BCUT2D eigenvalue weighted by molar-refractivity contribution is 1.31. The second kappa shape index (κ2) is 5.24. The molecule has 0 aliphatic carbocycles. The first-order chi connectivity index (χ1) is 10.8. The van der Waals surface area contributed by atoms with E-state index in [0.717, 1.165) is 32.7 Å². The Kier molecular flexibility index (Phi) is 3.09. The second-order valence-electron chi connectivity index (χ2n) is 5.03. The van der Waals surface area contributed by atoms with Crippen molar-refractivity contribution in [3.05, 3.63) is 76.4 Å². The maximum atomic E-state index is 11.5. The van der Waals surface area contributed by atoms with E-state index in [4.69, 9.17) is 4.98 Å². The van der Waals surface area contributed by atoms with Gasteiger partial charge >= 0.3 is 0 Å². The Bertz CT molecular complexity index is 1000. The monoisotopic (exact) mass is 304 g/mol. The highest BCUT2D eigenvalue weighted by Gasteiger charge is 2.07. The Balaban J connectivity index is 1.79. The molecule has 0 bridgehead atoms. The predicted octanol–water partition coefficient (Wildman–Crippen LogP) is 4.32. The molecule has 22 heavy (non-hydrogen) atoms. The molecule has 4 heteroatoms. The van der Waals surface area contributed by atoms with Crippen LogP contribution in [0.15, 0.2) is 70.8 Å². The zero-order valence-corrected chi connectivity index (χ0v) is 12.4. The molecule has 0 unspecified atom stereocenters. The van der Waals surface area contributed by atoms with E-state index in [1.54, 1.807) is 17.4 Å². The van der Waals surface area contributed by atoms with Crippen molar-refractivity contribution in [2.24, 2.45) is 0 Å². The average Bonchev–Trinajstić information content (AvgIpc) is 3.05. The van der Waals surface area contributed by atoms with Crippen LogP contribution in [0.4, 0.5) is 0 Å². The topological polar surface area (TPSA) is 45.8 Å². The summed E-state index contributed by atoms with van der Waals surface area (Å²) >= 11 is 1.61. The van der Waals surface area contributed by atoms with Crippen LogP contribution in [0.5, 0.6) is 0 Å². The molecule has 0 atom stereocenters. The van der Waals surface area contributed by atoms with E-state index in [1.165, 1.54) is 0 Å². The van der Waals surface area contributed by atoms with Crippen LogP contribution in [-0.2, 0) is 0 Å². The van der Waals surface area contributed by atoms with Crippen LogP contribution in [-0.4, -0.2) is 9.97 Å². The molecule has 0 aliphatic heterocycles.